The minimum atomic E-state index is -0.858. The van der Waals surface area contributed by atoms with Crippen LogP contribution >= 0.6 is 0 Å². The zero-order chi connectivity index (χ0) is 11.2. The van der Waals surface area contributed by atoms with Crippen LogP contribution in [0.3, 0.4) is 0 Å². The van der Waals surface area contributed by atoms with Crippen molar-refractivity contribution in [1.29, 1.82) is 0 Å². The lowest BCUT2D eigenvalue weighted by Crippen LogP contribution is -2.29. The number of H-pyrrole nitrogens is 1. The quantitative estimate of drug-likeness (QED) is 0.616. The Bertz CT molecular complexity index is 609. The monoisotopic (exact) mass is 207 g/mol. The largest absolute Gasteiger partial charge is 0.351 e. The summed E-state index contributed by atoms with van der Waals surface area (Å²) in [6, 6.07) is -0.858. The van der Waals surface area contributed by atoms with E-state index in [2.05, 4.69) is 15.0 Å². The summed E-state index contributed by atoms with van der Waals surface area (Å²) < 4.78 is 0.789. The molecule has 1 amide bonds. The molecule has 2 aromatic rings. The van der Waals surface area contributed by atoms with Gasteiger partial charge in [0.2, 0.25) is 0 Å². The van der Waals surface area contributed by atoms with E-state index in [-0.39, 0.29) is 5.65 Å². The number of imidazole rings is 1. The van der Waals surface area contributed by atoms with Gasteiger partial charge < -0.3 is 10.7 Å². The van der Waals surface area contributed by atoms with Crippen LogP contribution in [0.5, 0.6) is 0 Å². The van der Waals surface area contributed by atoms with Crippen LogP contribution in [0.2, 0.25) is 0 Å². The van der Waals surface area contributed by atoms with Gasteiger partial charge in [0.25, 0.3) is 0 Å². The van der Waals surface area contributed by atoms with Crippen LogP contribution in [0.15, 0.2) is 4.79 Å². The number of primary amides is 1. The number of fused-ring (bicyclic) bond motifs is 1. The second-order valence-corrected chi connectivity index (χ2v) is 3.16. The van der Waals surface area contributed by atoms with Crippen LogP contribution in [-0.2, 0) is 0 Å². The smallest absolute Gasteiger partial charge is 0.336 e. The molecule has 0 saturated carbocycles. The lowest BCUT2D eigenvalue weighted by atomic mass is 10.4. The second kappa shape index (κ2) is 2.91. The first-order valence-electron chi connectivity index (χ1n) is 4.26. The molecule has 0 fully saturated rings. The van der Waals surface area contributed by atoms with E-state index in [1.807, 2.05) is 0 Å². The summed E-state index contributed by atoms with van der Waals surface area (Å²) in [5.74, 6) is 0.481. The SMILES string of the molecule is Cc1nc(C)c2[nH]c(=O)n(C(N)=O)c2n1. The number of aromatic amines is 1. The van der Waals surface area contributed by atoms with Gasteiger partial charge >= 0.3 is 11.7 Å². The van der Waals surface area contributed by atoms with Crippen molar-refractivity contribution < 1.29 is 4.79 Å². The maximum absolute atomic E-state index is 11.4. The van der Waals surface area contributed by atoms with Gasteiger partial charge in [0.15, 0.2) is 5.65 Å². The lowest BCUT2D eigenvalue weighted by molar-refractivity contribution is 0.250. The number of rotatable bonds is 0. The zero-order valence-corrected chi connectivity index (χ0v) is 8.24. The fourth-order valence-corrected chi connectivity index (χ4v) is 1.47. The Labute approximate surface area is 83.9 Å². The van der Waals surface area contributed by atoms with E-state index in [0.717, 1.165) is 4.57 Å². The molecule has 0 aliphatic heterocycles. The number of aryl methyl sites for hydroxylation is 2. The average molecular weight is 207 g/mol. The number of amides is 1. The second-order valence-electron chi connectivity index (χ2n) is 3.16. The maximum atomic E-state index is 11.4. The van der Waals surface area contributed by atoms with Gasteiger partial charge in [-0.15, -0.1) is 0 Å². The first kappa shape index (κ1) is 9.38. The third-order valence-electron chi connectivity index (χ3n) is 2.05. The topological polar surface area (TPSA) is 107 Å². The molecular formula is C8H9N5O2. The Kier molecular flexibility index (Phi) is 1.82. The molecule has 0 aliphatic carbocycles. The van der Waals surface area contributed by atoms with Crippen LogP contribution in [0.4, 0.5) is 4.79 Å². The number of carbonyl (C=O) groups is 1. The molecule has 0 spiro atoms. The Morgan fingerprint density at radius 3 is 2.67 bits per heavy atom. The Morgan fingerprint density at radius 2 is 2.07 bits per heavy atom. The molecule has 0 atom stereocenters. The maximum Gasteiger partial charge on any atom is 0.336 e. The first-order valence-corrected chi connectivity index (χ1v) is 4.26. The fourth-order valence-electron chi connectivity index (χ4n) is 1.47. The van der Waals surface area contributed by atoms with Gasteiger partial charge in [-0.25, -0.2) is 19.6 Å². The van der Waals surface area contributed by atoms with Crippen molar-refractivity contribution in [3.05, 3.63) is 22.0 Å². The van der Waals surface area contributed by atoms with Gasteiger partial charge in [0, 0.05) is 0 Å². The molecule has 3 N–H and O–H groups in total. The van der Waals surface area contributed by atoms with Gasteiger partial charge in [0.05, 0.1) is 5.69 Å². The van der Waals surface area contributed by atoms with Crippen LogP contribution < -0.4 is 11.4 Å². The Balaban J connectivity index is 2.99. The van der Waals surface area contributed by atoms with Crippen molar-refractivity contribution in [3.8, 4) is 0 Å². The fraction of sp³-hybridized carbons (Fsp3) is 0.250. The molecular weight excluding hydrogens is 198 g/mol. The van der Waals surface area contributed by atoms with Crippen molar-refractivity contribution in [2.45, 2.75) is 13.8 Å². The lowest BCUT2D eigenvalue weighted by Gasteiger charge is -1.98. The molecule has 2 rings (SSSR count). The molecule has 78 valence electrons. The molecule has 0 unspecified atom stereocenters. The van der Waals surface area contributed by atoms with Crippen molar-refractivity contribution in [2.75, 3.05) is 0 Å². The highest BCUT2D eigenvalue weighted by molar-refractivity contribution is 5.86. The number of hydrogen-bond acceptors (Lipinski definition) is 4. The summed E-state index contributed by atoms with van der Waals surface area (Å²) in [4.78, 5) is 33.0. The molecule has 0 radical (unpaired) electrons. The van der Waals surface area contributed by atoms with E-state index in [9.17, 15) is 9.59 Å². The summed E-state index contributed by atoms with van der Waals surface area (Å²) >= 11 is 0. The van der Waals surface area contributed by atoms with Gasteiger partial charge in [0.1, 0.15) is 11.3 Å². The average Bonchev–Trinajstić information content (AvgIpc) is 2.41. The summed E-state index contributed by atoms with van der Waals surface area (Å²) in [6.45, 7) is 3.40. The number of nitrogens with zero attached hydrogens (tertiary/aromatic N) is 3. The molecule has 0 aromatic carbocycles. The summed E-state index contributed by atoms with van der Waals surface area (Å²) in [6.07, 6.45) is 0. The Morgan fingerprint density at radius 1 is 1.40 bits per heavy atom. The predicted octanol–water partition coefficient (Wildman–Crippen LogP) is -0.337. The van der Waals surface area contributed by atoms with Crippen molar-refractivity contribution in [3.63, 3.8) is 0 Å². The minimum absolute atomic E-state index is 0.220. The molecule has 0 aliphatic rings. The predicted molar refractivity (Wildman–Crippen MR) is 52.6 cm³/mol. The number of hydrogen-bond donors (Lipinski definition) is 2. The normalized spacial score (nSPS) is 10.8. The standard InChI is InChI=1S/C8H9N5O2/c1-3-5-6(11-4(2)10-3)13(7(9)14)8(15)12-5/h1-2H3,(H2,9,14)(H,12,15). The van der Waals surface area contributed by atoms with E-state index in [1.54, 1.807) is 13.8 Å². The summed E-state index contributed by atoms with van der Waals surface area (Å²) in [5.41, 5.74) is 5.73. The molecule has 2 aromatic heterocycles. The van der Waals surface area contributed by atoms with E-state index in [0.29, 0.717) is 17.0 Å². The highest BCUT2D eigenvalue weighted by Gasteiger charge is 2.14. The molecule has 0 bridgehead atoms. The van der Waals surface area contributed by atoms with E-state index < -0.39 is 11.7 Å². The molecule has 7 heteroatoms. The van der Waals surface area contributed by atoms with Gasteiger partial charge in [-0.1, -0.05) is 0 Å². The van der Waals surface area contributed by atoms with E-state index in [1.165, 1.54) is 0 Å². The van der Waals surface area contributed by atoms with Gasteiger partial charge in [-0.3, -0.25) is 0 Å². The summed E-state index contributed by atoms with van der Waals surface area (Å²) in [7, 11) is 0. The third kappa shape index (κ3) is 1.28. The van der Waals surface area contributed by atoms with E-state index in [4.69, 9.17) is 5.73 Å². The minimum Gasteiger partial charge on any atom is -0.351 e. The van der Waals surface area contributed by atoms with Gasteiger partial charge in [-0.05, 0) is 13.8 Å². The molecule has 0 saturated heterocycles. The molecule has 2 heterocycles. The van der Waals surface area contributed by atoms with Crippen molar-refractivity contribution in [2.24, 2.45) is 5.73 Å². The van der Waals surface area contributed by atoms with Crippen molar-refractivity contribution >= 4 is 17.2 Å². The van der Waals surface area contributed by atoms with Gasteiger partial charge in [-0.2, -0.15) is 4.57 Å². The number of nitrogens with one attached hydrogen (secondary N) is 1. The van der Waals surface area contributed by atoms with Crippen molar-refractivity contribution in [1.82, 2.24) is 19.5 Å². The van der Waals surface area contributed by atoms with Crippen LogP contribution in [0.25, 0.3) is 11.2 Å². The zero-order valence-electron chi connectivity index (χ0n) is 8.24. The number of carbonyl (C=O) groups excluding carboxylic acids is 1. The van der Waals surface area contributed by atoms with Crippen LogP contribution in [-0.4, -0.2) is 25.6 Å². The highest BCUT2D eigenvalue weighted by atomic mass is 16.2. The highest BCUT2D eigenvalue weighted by Crippen LogP contribution is 2.10. The first-order chi connectivity index (χ1) is 7.00. The number of aromatic nitrogens is 4. The molecule has 7 nitrogen and oxygen atoms in total. The van der Waals surface area contributed by atoms with Crippen LogP contribution in [0, 0.1) is 13.8 Å². The number of nitrogens with two attached hydrogens (primary N) is 1. The Hall–Kier alpha value is -2.18. The summed E-state index contributed by atoms with van der Waals surface area (Å²) in [5, 5.41) is 0. The molecule has 15 heavy (non-hydrogen) atoms. The van der Waals surface area contributed by atoms with E-state index >= 15 is 0 Å². The van der Waals surface area contributed by atoms with Crippen LogP contribution in [0.1, 0.15) is 11.5 Å². The third-order valence-corrected chi connectivity index (χ3v) is 2.05.